The Morgan fingerprint density at radius 1 is 1.35 bits per heavy atom. The summed E-state index contributed by atoms with van der Waals surface area (Å²) >= 11 is 0. The quantitative estimate of drug-likeness (QED) is 0.829. The summed E-state index contributed by atoms with van der Waals surface area (Å²) in [6, 6.07) is 6.12. The van der Waals surface area contributed by atoms with Crippen molar-refractivity contribution in [3.05, 3.63) is 41.2 Å². The molecule has 3 nitrogen and oxygen atoms in total. The maximum absolute atomic E-state index is 12.8. The second-order valence-corrected chi connectivity index (χ2v) is 5.28. The summed E-state index contributed by atoms with van der Waals surface area (Å²) in [7, 11) is 0. The van der Waals surface area contributed by atoms with E-state index in [1.807, 2.05) is 0 Å². The Morgan fingerprint density at radius 3 is 2.65 bits per heavy atom. The minimum atomic E-state index is -0.268. The van der Waals surface area contributed by atoms with Gasteiger partial charge in [0.15, 0.2) is 0 Å². The molecular weight excluding hydrogens is 255 g/mol. The molecule has 0 radical (unpaired) electrons. The highest BCUT2D eigenvalue weighted by Gasteiger charge is 2.14. The standard InChI is InChI=1S/C16H21FN2O/c1-12(10-13-2-4-15(17)5-3-13)16(20)19-11-14-6-8-18-9-7-14/h2-5,10,14,18H,6-9,11H2,1H3,(H,19,20)/b12-10-. The number of hydrogen-bond donors (Lipinski definition) is 2. The maximum atomic E-state index is 12.8. The number of halogens is 1. The topological polar surface area (TPSA) is 41.1 Å². The van der Waals surface area contributed by atoms with Gasteiger partial charge < -0.3 is 10.6 Å². The zero-order valence-electron chi connectivity index (χ0n) is 11.8. The zero-order chi connectivity index (χ0) is 14.4. The van der Waals surface area contributed by atoms with Crippen LogP contribution in [0.15, 0.2) is 29.8 Å². The molecule has 1 fully saturated rings. The molecule has 0 atom stereocenters. The van der Waals surface area contributed by atoms with Gasteiger partial charge in [-0.3, -0.25) is 4.79 Å². The van der Waals surface area contributed by atoms with Gasteiger partial charge in [0.2, 0.25) is 5.91 Å². The van der Waals surface area contributed by atoms with Gasteiger partial charge >= 0.3 is 0 Å². The number of carbonyl (C=O) groups is 1. The van der Waals surface area contributed by atoms with E-state index in [0.717, 1.165) is 38.0 Å². The lowest BCUT2D eigenvalue weighted by Gasteiger charge is -2.22. The van der Waals surface area contributed by atoms with Crippen LogP contribution in [-0.2, 0) is 4.79 Å². The van der Waals surface area contributed by atoms with Crippen molar-refractivity contribution in [3.8, 4) is 0 Å². The van der Waals surface area contributed by atoms with Crippen LogP contribution in [-0.4, -0.2) is 25.5 Å². The van der Waals surface area contributed by atoms with Gasteiger partial charge in [0, 0.05) is 12.1 Å². The lowest BCUT2D eigenvalue weighted by atomic mass is 9.98. The van der Waals surface area contributed by atoms with Crippen LogP contribution in [0.25, 0.3) is 6.08 Å². The molecule has 0 aromatic heterocycles. The molecule has 0 bridgehead atoms. The van der Waals surface area contributed by atoms with E-state index in [4.69, 9.17) is 0 Å². The average molecular weight is 276 g/mol. The monoisotopic (exact) mass is 276 g/mol. The smallest absolute Gasteiger partial charge is 0.246 e. The van der Waals surface area contributed by atoms with E-state index in [1.165, 1.54) is 12.1 Å². The van der Waals surface area contributed by atoms with Crippen molar-refractivity contribution in [2.75, 3.05) is 19.6 Å². The van der Waals surface area contributed by atoms with Crippen LogP contribution in [0.2, 0.25) is 0 Å². The van der Waals surface area contributed by atoms with E-state index in [0.29, 0.717) is 11.5 Å². The summed E-state index contributed by atoms with van der Waals surface area (Å²) in [6.45, 7) is 4.58. The van der Waals surface area contributed by atoms with Crippen LogP contribution in [0, 0.1) is 11.7 Å². The first-order valence-electron chi connectivity index (χ1n) is 7.08. The molecule has 1 heterocycles. The largest absolute Gasteiger partial charge is 0.352 e. The summed E-state index contributed by atoms with van der Waals surface area (Å²) in [5.74, 6) is 0.252. The maximum Gasteiger partial charge on any atom is 0.246 e. The van der Waals surface area contributed by atoms with E-state index in [9.17, 15) is 9.18 Å². The van der Waals surface area contributed by atoms with Crippen LogP contribution in [0.5, 0.6) is 0 Å². The Hall–Kier alpha value is -1.68. The highest BCUT2D eigenvalue weighted by Crippen LogP contribution is 2.11. The average Bonchev–Trinajstić information content (AvgIpc) is 2.48. The van der Waals surface area contributed by atoms with Crippen LogP contribution >= 0.6 is 0 Å². The van der Waals surface area contributed by atoms with Crippen molar-refractivity contribution in [2.24, 2.45) is 5.92 Å². The van der Waals surface area contributed by atoms with Crippen LogP contribution in [0.4, 0.5) is 4.39 Å². The van der Waals surface area contributed by atoms with E-state index in [-0.39, 0.29) is 11.7 Å². The molecule has 2 rings (SSSR count). The van der Waals surface area contributed by atoms with Gasteiger partial charge in [-0.25, -0.2) is 4.39 Å². The number of benzene rings is 1. The molecule has 2 N–H and O–H groups in total. The molecule has 4 heteroatoms. The third-order valence-electron chi connectivity index (χ3n) is 3.62. The van der Waals surface area contributed by atoms with Gasteiger partial charge in [-0.05, 0) is 62.5 Å². The minimum Gasteiger partial charge on any atom is -0.352 e. The van der Waals surface area contributed by atoms with Crippen LogP contribution < -0.4 is 10.6 Å². The molecule has 1 aliphatic heterocycles. The Balaban J connectivity index is 1.86. The number of carbonyl (C=O) groups excluding carboxylic acids is 1. The normalized spacial score (nSPS) is 17.0. The first-order valence-corrected chi connectivity index (χ1v) is 7.08. The fourth-order valence-electron chi connectivity index (χ4n) is 2.34. The number of piperidine rings is 1. The lowest BCUT2D eigenvalue weighted by molar-refractivity contribution is -0.117. The Bertz CT molecular complexity index is 476. The Labute approximate surface area is 119 Å². The molecule has 1 amide bonds. The summed E-state index contributed by atoms with van der Waals surface area (Å²) in [4.78, 5) is 12.0. The molecule has 1 saturated heterocycles. The molecule has 0 spiro atoms. The fraction of sp³-hybridized carbons (Fsp3) is 0.438. The molecule has 1 aromatic rings. The van der Waals surface area contributed by atoms with Gasteiger partial charge in [0.05, 0.1) is 0 Å². The van der Waals surface area contributed by atoms with E-state index >= 15 is 0 Å². The number of amides is 1. The zero-order valence-corrected chi connectivity index (χ0v) is 11.8. The molecule has 0 unspecified atom stereocenters. The van der Waals surface area contributed by atoms with Crippen molar-refractivity contribution in [1.82, 2.24) is 10.6 Å². The summed E-state index contributed by atoms with van der Waals surface area (Å²) < 4.78 is 12.8. The number of rotatable bonds is 4. The lowest BCUT2D eigenvalue weighted by Crippen LogP contribution is -2.36. The highest BCUT2D eigenvalue weighted by atomic mass is 19.1. The third-order valence-corrected chi connectivity index (χ3v) is 3.62. The first kappa shape index (κ1) is 14.7. The van der Waals surface area contributed by atoms with Crippen molar-refractivity contribution < 1.29 is 9.18 Å². The second-order valence-electron chi connectivity index (χ2n) is 5.28. The first-order chi connectivity index (χ1) is 9.65. The number of hydrogen-bond acceptors (Lipinski definition) is 2. The number of nitrogens with one attached hydrogen (secondary N) is 2. The van der Waals surface area contributed by atoms with Crippen molar-refractivity contribution in [1.29, 1.82) is 0 Å². The van der Waals surface area contributed by atoms with Crippen molar-refractivity contribution in [3.63, 3.8) is 0 Å². The molecule has 20 heavy (non-hydrogen) atoms. The van der Waals surface area contributed by atoms with Crippen molar-refractivity contribution in [2.45, 2.75) is 19.8 Å². The van der Waals surface area contributed by atoms with Gasteiger partial charge in [-0.2, -0.15) is 0 Å². The van der Waals surface area contributed by atoms with E-state index < -0.39 is 0 Å². The van der Waals surface area contributed by atoms with Gasteiger partial charge in [-0.1, -0.05) is 12.1 Å². The summed E-state index contributed by atoms with van der Waals surface area (Å²) in [5.41, 5.74) is 1.48. The molecule has 1 aliphatic rings. The predicted molar refractivity (Wildman–Crippen MR) is 78.7 cm³/mol. The van der Waals surface area contributed by atoms with Gasteiger partial charge in [0.25, 0.3) is 0 Å². The van der Waals surface area contributed by atoms with Gasteiger partial charge in [0.1, 0.15) is 5.82 Å². The van der Waals surface area contributed by atoms with Gasteiger partial charge in [-0.15, -0.1) is 0 Å². The molecule has 108 valence electrons. The van der Waals surface area contributed by atoms with E-state index in [2.05, 4.69) is 10.6 Å². The predicted octanol–water partition coefficient (Wildman–Crippen LogP) is 2.34. The second kappa shape index (κ2) is 7.20. The van der Waals surface area contributed by atoms with Crippen LogP contribution in [0.1, 0.15) is 25.3 Å². The minimum absolute atomic E-state index is 0.0483. The van der Waals surface area contributed by atoms with E-state index in [1.54, 1.807) is 25.1 Å². The molecule has 0 aliphatic carbocycles. The SMILES string of the molecule is C/C(=C/c1ccc(F)cc1)C(=O)NCC1CCNCC1. The third kappa shape index (κ3) is 4.46. The fourth-order valence-corrected chi connectivity index (χ4v) is 2.34. The summed E-state index contributed by atoms with van der Waals surface area (Å²) in [6.07, 6.45) is 4.00. The Morgan fingerprint density at radius 2 is 2.00 bits per heavy atom. The highest BCUT2D eigenvalue weighted by molar-refractivity contribution is 5.97. The molecule has 0 saturated carbocycles. The molecular formula is C16H21FN2O. The Kier molecular flexibility index (Phi) is 5.30. The molecule has 1 aromatic carbocycles. The summed E-state index contributed by atoms with van der Waals surface area (Å²) in [5, 5.41) is 6.28. The van der Waals surface area contributed by atoms with Crippen LogP contribution in [0.3, 0.4) is 0 Å². The van der Waals surface area contributed by atoms with Crippen molar-refractivity contribution >= 4 is 12.0 Å².